The van der Waals surface area contributed by atoms with E-state index >= 15 is 0 Å². The molecule has 2 atom stereocenters. The topological polar surface area (TPSA) is 70.8 Å². The average molecular weight is 407 g/mol. The fourth-order valence-corrected chi connectivity index (χ4v) is 5.89. The van der Waals surface area contributed by atoms with Crippen LogP contribution in [0.3, 0.4) is 0 Å². The molecule has 0 radical (unpaired) electrons. The number of carbonyl (C=O) groups excluding carboxylic acids is 1. The molecular weight excluding hydrogens is 384 g/mol. The molecule has 2 aromatic rings. The number of hydrogen-bond acceptors (Lipinski definition) is 5. The number of furan rings is 1. The van der Waals surface area contributed by atoms with Crippen molar-refractivity contribution in [2.24, 2.45) is 5.92 Å². The van der Waals surface area contributed by atoms with E-state index in [1.54, 1.807) is 28.5 Å². The van der Waals surface area contributed by atoms with Crippen LogP contribution in [-0.4, -0.2) is 49.7 Å². The van der Waals surface area contributed by atoms with Gasteiger partial charge in [-0.3, -0.25) is 4.79 Å². The van der Waals surface area contributed by atoms with Crippen molar-refractivity contribution in [2.45, 2.75) is 23.5 Å². The second kappa shape index (κ2) is 7.26. The highest BCUT2D eigenvalue weighted by atomic mass is 32.2. The van der Waals surface area contributed by atoms with E-state index in [4.69, 9.17) is 4.42 Å². The molecule has 1 saturated carbocycles. The van der Waals surface area contributed by atoms with E-state index in [1.165, 1.54) is 21.7 Å². The van der Waals surface area contributed by atoms with Gasteiger partial charge in [0, 0.05) is 38.2 Å². The molecule has 1 aliphatic heterocycles. The lowest BCUT2D eigenvalue weighted by atomic mass is 10.3. The number of rotatable bonds is 5. The van der Waals surface area contributed by atoms with Crippen molar-refractivity contribution in [3.63, 3.8) is 0 Å². The predicted octanol–water partition coefficient (Wildman–Crippen LogP) is 3.01. The molecule has 0 aromatic carbocycles. The van der Waals surface area contributed by atoms with E-state index in [9.17, 15) is 13.2 Å². The van der Waals surface area contributed by atoms with Crippen LogP contribution in [0.15, 0.2) is 44.3 Å². The van der Waals surface area contributed by atoms with Crippen LogP contribution in [0.4, 0.5) is 0 Å². The molecule has 3 heterocycles. The Morgan fingerprint density at radius 1 is 1.22 bits per heavy atom. The molecule has 6 nitrogen and oxygen atoms in total. The standard InChI is InChI=1S/C19H22N2O4S2/c1-14-13-16(14)17-6-4-15(25-17)5-7-18(22)20-8-10-21(11-9-20)27(23,24)19-3-2-12-26-19/h2-7,12,14,16H,8-11,13H2,1H3/b7-5+/t14-,16-/m1/s1. The molecule has 144 valence electrons. The maximum atomic E-state index is 12.5. The van der Waals surface area contributed by atoms with Crippen molar-refractivity contribution in [2.75, 3.05) is 26.2 Å². The van der Waals surface area contributed by atoms with Crippen LogP contribution in [0.25, 0.3) is 6.08 Å². The summed E-state index contributed by atoms with van der Waals surface area (Å²) < 4.78 is 32.6. The van der Waals surface area contributed by atoms with Crippen molar-refractivity contribution < 1.29 is 17.6 Å². The third kappa shape index (κ3) is 3.88. The van der Waals surface area contributed by atoms with Crippen molar-refractivity contribution in [1.82, 2.24) is 9.21 Å². The zero-order chi connectivity index (χ0) is 19.0. The monoisotopic (exact) mass is 406 g/mol. The van der Waals surface area contributed by atoms with Gasteiger partial charge >= 0.3 is 0 Å². The number of carbonyl (C=O) groups is 1. The number of sulfonamides is 1. The molecule has 8 heteroatoms. The Kier molecular flexibility index (Phi) is 4.96. The van der Waals surface area contributed by atoms with Gasteiger partial charge < -0.3 is 9.32 Å². The van der Waals surface area contributed by atoms with Crippen molar-refractivity contribution in [3.8, 4) is 0 Å². The van der Waals surface area contributed by atoms with Gasteiger partial charge in [0.15, 0.2) is 0 Å². The fourth-order valence-electron chi connectivity index (χ4n) is 3.32. The summed E-state index contributed by atoms with van der Waals surface area (Å²) in [4.78, 5) is 14.1. The Morgan fingerprint density at radius 2 is 1.96 bits per heavy atom. The summed E-state index contributed by atoms with van der Waals surface area (Å²) in [6, 6.07) is 7.20. The van der Waals surface area contributed by atoms with Crippen LogP contribution in [-0.2, 0) is 14.8 Å². The number of amides is 1. The van der Waals surface area contributed by atoms with Crippen LogP contribution in [0, 0.1) is 5.92 Å². The molecule has 27 heavy (non-hydrogen) atoms. The third-order valence-corrected chi connectivity index (χ3v) is 8.42. The van der Waals surface area contributed by atoms with Crippen LogP contribution in [0.5, 0.6) is 0 Å². The first-order chi connectivity index (χ1) is 12.9. The summed E-state index contributed by atoms with van der Waals surface area (Å²) in [5.74, 6) is 2.73. The van der Waals surface area contributed by atoms with E-state index in [0.29, 0.717) is 48.0 Å². The summed E-state index contributed by atoms with van der Waals surface area (Å²) in [6.45, 7) is 3.59. The van der Waals surface area contributed by atoms with Gasteiger partial charge in [-0.2, -0.15) is 4.31 Å². The highest BCUT2D eigenvalue weighted by molar-refractivity contribution is 7.91. The second-order valence-electron chi connectivity index (χ2n) is 7.05. The number of piperazine rings is 1. The molecule has 2 aliphatic rings. The Morgan fingerprint density at radius 3 is 2.59 bits per heavy atom. The highest BCUT2D eigenvalue weighted by Gasteiger charge is 2.36. The summed E-state index contributed by atoms with van der Waals surface area (Å²) in [6.07, 6.45) is 4.35. The van der Waals surface area contributed by atoms with Gasteiger partial charge in [-0.05, 0) is 42.0 Å². The average Bonchev–Trinajstić information content (AvgIpc) is 3.12. The zero-order valence-corrected chi connectivity index (χ0v) is 16.7. The van der Waals surface area contributed by atoms with Crippen molar-refractivity contribution >= 4 is 33.3 Å². The summed E-state index contributed by atoms with van der Waals surface area (Å²) in [5.41, 5.74) is 0. The molecular formula is C19H22N2O4S2. The van der Waals surface area contributed by atoms with Crippen LogP contribution in [0.1, 0.15) is 30.8 Å². The number of thiophene rings is 1. The fraction of sp³-hybridized carbons (Fsp3) is 0.421. The van der Waals surface area contributed by atoms with Gasteiger partial charge in [-0.1, -0.05) is 13.0 Å². The largest absolute Gasteiger partial charge is 0.461 e. The van der Waals surface area contributed by atoms with Crippen molar-refractivity contribution in [1.29, 1.82) is 0 Å². The SMILES string of the molecule is C[C@@H]1C[C@H]1c1ccc(/C=C/C(=O)N2CCN(S(=O)(=O)c3cccs3)CC2)o1. The normalized spacial score (nSPS) is 23.8. The number of nitrogens with zero attached hydrogens (tertiary/aromatic N) is 2. The van der Waals surface area contributed by atoms with Crippen LogP contribution in [0.2, 0.25) is 0 Å². The first kappa shape index (κ1) is 18.5. The third-order valence-electron chi connectivity index (χ3n) is 5.15. The zero-order valence-electron chi connectivity index (χ0n) is 15.1. The van der Waals surface area contributed by atoms with E-state index in [2.05, 4.69) is 6.92 Å². The molecule has 0 N–H and O–H groups in total. The highest BCUT2D eigenvalue weighted by Crippen LogP contribution is 2.47. The minimum Gasteiger partial charge on any atom is -0.461 e. The first-order valence-corrected chi connectivity index (χ1v) is 11.4. The molecule has 1 amide bonds. The van der Waals surface area contributed by atoms with Crippen LogP contribution < -0.4 is 0 Å². The Bertz CT molecular complexity index is 938. The van der Waals surface area contributed by atoms with Gasteiger partial charge in [0.2, 0.25) is 5.91 Å². The lowest BCUT2D eigenvalue weighted by Crippen LogP contribution is -2.50. The molecule has 0 spiro atoms. The van der Waals surface area contributed by atoms with Crippen LogP contribution >= 0.6 is 11.3 Å². The molecule has 2 aromatic heterocycles. The van der Waals surface area contributed by atoms with Gasteiger partial charge in [0.05, 0.1) is 0 Å². The minimum absolute atomic E-state index is 0.124. The first-order valence-electron chi connectivity index (χ1n) is 9.05. The summed E-state index contributed by atoms with van der Waals surface area (Å²) in [5, 5.41) is 1.75. The smallest absolute Gasteiger partial charge is 0.252 e. The number of hydrogen-bond donors (Lipinski definition) is 0. The maximum Gasteiger partial charge on any atom is 0.252 e. The Balaban J connectivity index is 1.33. The maximum absolute atomic E-state index is 12.5. The lowest BCUT2D eigenvalue weighted by Gasteiger charge is -2.33. The van der Waals surface area contributed by atoms with E-state index in [-0.39, 0.29) is 5.91 Å². The van der Waals surface area contributed by atoms with Gasteiger partial charge in [0.1, 0.15) is 15.7 Å². The minimum atomic E-state index is -3.45. The van der Waals surface area contributed by atoms with Gasteiger partial charge in [-0.15, -0.1) is 11.3 Å². The van der Waals surface area contributed by atoms with Crippen molar-refractivity contribution in [3.05, 3.63) is 47.2 Å². The molecule has 0 bridgehead atoms. The Labute approximate surface area is 163 Å². The molecule has 1 aliphatic carbocycles. The molecule has 2 fully saturated rings. The lowest BCUT2D eigenvalue weighted by molar-refractivity contribution is -0.127. The molecule has 4 rings (SSSR count). The van der Waals surface area contributed by atoms with Gasteiger partial charge in [0.25, 0.3) is 10.0 Å². The molecule has 0 unspecified atom stereocenters. The second-order valence-corrected chi connectivity index (χ2v) is 10.2. The van der Waals surface area contributed by atoms with Gasteiger partial charge in [-0.25, -0.2) is 8.42 Å². The predicted molar refractivity (Wildman–Crippen MR) is 104 cm³/mol. The summed E-state index contributed by atoms with van der Waals surface area (Å²) >= 11 is 1.21. The van der Waals surface area contributed by atoms with E-state index in [0.717, 1.165) is 12.2 Å². The summed E-state index contributed by atoms with van der Waals surface area (Å²) in [7, 11) is -3.45. The van der Waals surface area contributed by atoms with E-state index < -0.39 is 10.0 Å². The quantitative estimate of drug-likeness (QED) is 0.716. The molecule has 1 saturated heterocycles. The Hall–Kier alpha value is -1.90. The van der Waals surface area contributed by atoms with E-state index in [1.807, 2.05) is 12.1 Å².